The monoisotopic (exact) mass is 414 g/mol. The van der Waals surface area contributed by atoms with Crippen molar-refractivity contribution >= 4 is 12.9 Å². The van der Waals surface area contributed by atoms with Crippen LogP contribution in [0.3, 0.4) is 0 Å². The molecule has 2 aromatic heterocycles. The highest BCUT2D eigenvalue weighted by molar-refractivity contribution is 7.62. The van der Waals surface area contributed by atoms with Gasteiger partial charge in [-0.25, -0.2) is 0 Å². The molecule has 2 N–H and O–H groups in total. The van der Waals surface area contributed by atoms with Crippen molar-refractivity contribution in [1.29, 1.82) is 0 Å². The minimum Gasteiger partial charge on any atom is -0.364 e. The van der Waals surface area contributed by atoms with Crippen LogP contribution in [0.25, 0.3) is 0 Å². The molecule has 0 bridgehead atoms. The van der Waals surface area contributed by atoms with Crippen LogP contribution in [0.4, 0.5) is 0 Å². The molecule has 3 aromatic rings. The Bertz CT molecular complexity index is 893. The molecule has 0 aliphatic heterocycles. The average Bonchev–Trinajstić information content (AvgIpc) is 3.26. The van der Waals surface area contributed by atoms with Gasteiger partial charge in [0, 0.05) is 23.8 Å². The zero-order valence-corrected chi connectivity index (χ0v) is 18.9. The fourth-order valence-electron chi connectivity index (χ4n) is 3.27. The SMILES string of the molecule is CC(C)(C)OP(=O)(OC(C)(C)C)c1ccc(C(c2ccc[nH]2)c2ccc[nH]2)cc1. The molecule has 29 heavy (non-hydrogen) atoms. The minimum atomic E-state index is -3.50. The van der Waals surface area contributed by atoms with E-state index < -0.39 is 18.8 Å². The van der Waals surface area contributed by atoms with Gasteiger partial charge in [-0.05, 0) is 83.5 Å². The van der Waals surface area contributed by atoms with Crippen LogP contribution in [0.15, 0.2) is 60.9 Å². The molecule has 0 saturated heterocycles. The van der Waals surface area contributed by atoms with Crippen molar-refractivity contribution in [2.75, 3.05) is 0 Å². The second-order valence-corrected chi connectivity index (χ2v) is 11.1. The van der Waals surface area contributed by atoms with Gasteiger partial charge >= 0.3 is 7.60 Å². The summed E-state index contributed by atoms with van der Waals surface area (Å²) in [7, 11) is -3.50. The molecular formula is C23H31N2O3P. The van der Waals surface area contributed by atoms with Crippen LogP contribution in [0.5, 0.6) is 0 Å². The molecular weight excluding hydrogens is 383 g/mol. The van der Waals surface area contributed by atoms with Gasteiger partial charge in [-0.1, -0.05) is 12.1 Å². The smallest absolute Gasteiger partial charge is 0.362 e. The van der Waals surface area contributed by atoms with Crippen LogP contribution in [0.2, 0.25) is 0 Å². The molecule has 0 amide bonds. The summed E-state index contributed by atoms with van der Waals surface area (Å²) in [5.74, 6) is 0.0282. The van der Waals surface area contributed by atoms with Crippen molar-refractivity contribution in [3.05, 3.63) is 77.9 Å². The molecule has 2 heterocycles. The highest BCUT2D eigenvalue weighted by Crippen LogP contribution is 2.53. The lowest BCUT2D eigenvalue weighted by molar-refractivity contribution is 0.0548. The average molecular weight is 414 g/mol. The lowest BCUT2D eigenvalue weighted by Gasteiger charge is -2.32. The molecule has 0 radical (unpaired) electrons. The number of nitrogens with one attached hydrogen (secondary N) is 2. The molecule has 5 nitrogen and oxygen atoms in total. The van der Waals surface area contributed by atoms with Gasteiger partial charge < -0.3 is 9.97 Å². The number of rotatable bonds is 6. The van der Waals surface area contributed by atoms with E-state index in [1.807, 2.05) is 90.3 Å². The molecule has 0 spiro atoms. The normalized spacial score (nSPS) is 13.2. The van der Waals surface area contributed by atoms with Gasteiger partial charge in [-0.3, -0.25) is 13.6 Å². The van der Waals surface area contributed by atoms with E-state index in [4.69, 9.17) is 9.05 Å². The van der Waals surface area contributed by atoms with E-state index in [1.54, 1.807) is 0 Å². The number of hydrogen-bond acceptors (Lipinski definition) is 3. The number of benzene rings is 1. The molecule has 0 unspecified atom stereocenters. The second-order valence-electron chi connectivity index (χ2n) is 9.18. The number of H-pyrrole nitrogens is 2. The first-order valence-corrected chi connectivity index (χ1v) is 11.4. The standard InChI is InChI=1S/C23H31N2O3P/c1-22(2,3)27-29(26,28-23(4,5)6)18-13-11-17(12-14-18)21(19-9-7-15-24-19)20-10-8-16-25-20/h7-16,21,24-25H,1-6H3. The molecule has 1 aromatic carbocycles. The van der Waals surface area contributed by atoms with Crippen LogP contribution in [-0.4, -0.2) is 21.2 Å². The summed E-state index contributed by atoms with van der Waals surface area (Å²) >= 11 is 0. The van der Waals surface area contributed by atoms with Crippen molar-refractivity contribution in [3.63, 3.8) is 0 Å². The lowest BCUT2D eigenvalue weighted by Crippen LogP contribution is -2.28. The summed E-state index contributed by atoms with van der Waals surface area (Å²) in [4.78, 5) is 6.61. The predicted molar refractivity (Wildman–Crippen MR) is 118 cm³/mol. The zero-order valence-electron chi connectivity index (χ0n) is 18.0. The Kier molecular flexibility index (Phi) is 5.96. The third kappa shape index (κ3) is 5.51. The highest BCUT2D eigenvalue weighted by Gasteiger charge is 2.37. The Labute approximate surface area is 173 Å². The van der Waals surface area contributed by atoms with Crippen LogP contribution >= 0.6 is 7.60 Å². The van der Waals surface area contributed by atoms with E-state index in [0.29, 0.717) is 5.30 Å². The first-order chi connectivity index (χ1) is 13.5. The molecule has 0 aliphatic carbocycles. The summed E-state index contributed by atoms with van der Waals surface area (Å²) in [5.41, 5.74) is 2.05. The summed E-state index contributed by atoms with van der Waals surface area (Å²) in [6.45, 7) is 11.3. The van der Waals surface area contributed by atoms with Crippen LogP contribution < -0.4 is 5.30 Å². The number of aromatic amines is 2. The minimum absolute atomic E-state index is 0.0282. The van der Waals surface area contributed by atoms with E-state index >= 15 is 0 Å². The molecule has 0 atom stereocenters. The molecule has 0 saturated carbocycles. The van der Waals surface area contributed by atoms with Gasteiger partial charge in [-0.2, -0.15) is 0 Å². The van der Waals surface area contributed by atoms with Gasteiger partial charge in [0.25, 0.3) is 0 Å². The van der Waals surface area contributed by atoms with Gasteiger partial charge in [-0.15, -0.1) is 0 Å². The zero-order chi connectivity index (χ0) is 21.3. The number of aromatic nitrogens is 2. The maximum atomic E-state index is 13.7. The van der Waals surface area contributed by atoms with Crippen LogP contribution in [-0.2, 0) is 13.6 Å². The van der Waals surface area contributed by atoms with Crippen molar-refractivity contribution in [2.24, 2.45) is 0 Å². The van der Waals surface area contributed by atoms with E-state index in [-0.39, 0.29) is 5.92 Å². The van der Waals surface area contributed by atoms with Crippen LogP contribution in [0, 0.1) is 0 Å². The fraction of sp³-hybridized carbons (Fsp3) is 0.391. The largest absolute Gasteiger partial charge is 0.364 e. The Balaban J connectivity index is 1.99. The summed E-state index contributed by atoms with van der Waals surface area (Å²) < 4.78 is 25.6. The summed E-state index contributed by atoms with van der Waals surface area (Å²) in [5, 5.41) is 0.558. The van der Waals surface area contributed by atoms with Crippen molar-refractivity contribution in [3.8, 4) is 0 Å². The molecule has 0 fully saturated rings. The second kappa shape index (κ2) is 7.98. The number of hydrogen-bond donors (Lipinski definition) is 2. The molecule has 156 valence electrons. The maximum absolute atomic E-state index is 13.7. The highest BCUT2D eigenvalue weighted by atomic mass is 31.2. The Morgan fingerprint density at radius 1 is 0.759 bits per heavy atom. The topological polar surface area (TPSA) is 67.1 Å². The first-order valence-electron chi connectivity index (χ1n) is 9.86. The Morgan fingerprint density at radius 3 is 1.55 bits per heavy atom. The first kappa shape index (κ1) is 21.6. The van der Waals surface area contributed by atoms with E-state index in [2.05, 4.69) is 22.1 Å². The Morgan fingerprint density at radius 2 is 1.21 bits per heavy atom. The van der Waals surface area contributed by atoms with Gasteiger partial charge in [0.2, 0.25) is 0 Å². The third-order valence-electron chi connectivity index (χ3n) is 4.20. The maximum Gasteiger partial charge on any atom is 0.362 e. The molecule has 0 aliphatic rings. The van der Waals surface area contributed by atoms with E-state index in [0.717, 1.165) is 17.0 Å². The quantitative estimate of drug-likeness (QED) is 0.488. The predicted octanol–water partition coefficient (Wildman–Crippen LogP) is 5.97. The lowest BCUT2D eigenvalue weighted by atomic mass is 9.93. The fourth-order valence-corrected chi connectivity index (χ4v) is 5.47. The van der Waals surface area contributed by atoms with Crippen molar-refractivity contribution in [1.82, 2.24) is 9.97 Å². The summed E-state index contributed by atoms with van der Waals surface area (Å²) in [6.07, 6.45) is 3.84. The van der Waals surface area contributed by atoms with E-state index in [9.17, 15) is 4.57 Å². The molecule has 3 rings (SSSR count). The van der Waals surface area contributed by atoms with Gasteiger partial charge in [0.05, 0.1) is 22.4 Å². The van der Waals surface area contributed by atoms with Crippen molar-refractivity contribution in [2.45, 2.75) is 58.7 Å². The Hall–Kier alpha value is -2.07. The summed E-state index contributed by atoms with van der Waals surface area (Å²) in [6, 6.07) is 15.8. The molecule has 6 heteroatoms. The van der Waals surface area contributed by atoms with Crippen LogP contribution in [0.1, 0.15) is 64.4 Å². The van der Waals surface area contributed by atoms with Gasteiger partial charge in [0.15, 0.2) is 0 Å². The van der Waals surface area contributed by atoms with Gasteiger partial charge in [0.1, 0.15) is 0 Å². The third-order valence-corrected chi connectivity index (χ3v) is 6.70. The van der Waals surface area contributed by atoms with E-state index in [1.165, 1.54) is 0 Å². The van der Waals surface area contributed by atoms with Crippen molar-refractivity contribution < 1.29 is 13.6 Å².